The van der Waals surface area contributed by atoms with E-state index in [-0.39, 0.29) is 41.3 Å². The highest BCUT2D eigenvalue weighted by molar-refractivity contribution is 8.00. The number of piperidine rings is 1. The molecule has 1 saturated heterocycles. The van der Waals surface area contributed by atoms with Crippen molar-refractivity contribution in [3.8, 4) is 0 Å². The summed E-state index contributed by atoms with van der Waals surface area (Å²) in [6, 6.07) is 6.73. The average molecular weight is 360 g/mol. The summed E-state index contributed by atoms with van der Waals surface area (Å²) < 4.78 is 0. The maximum absolute atomic E-state index is 12.3. The van der Waals surface area contributed by atoms with Crippen LogP contribution in [0, 0.1) is 10.1 Å². The van der Waals surface area contributed by atoms with Crippen LogP contribution < -0.4 is 10.6 Å². The van der Waals surface area contributed by atoms with Crippen LogP contribution in [0.1, 0.15) is 26.7 Å². The predicted molar refractivity (Wildman–Crippen MR) is 94.3 cm³/mol. The van der Waals surface area contributed by atoms with Crippen molar-refractivity contribution in [1.82, 2.24) is 10.6 Å². The number of non-ortho nitro benzene ring substituents is 1. The Hall–Kier alpha value is -1.31. The van der Waals surface area contributed by atoms with Gasteiger partial charge in [-0.2, -0.15) is 0 Å². The molecular formula is C15H22ClN3O3S. The van der Waals surface area contributed by atoms with E-state index in [0.717, 1.165) is 24.3 Å². The maximum atomic E-state index is 12.3. The fourth-order valence-electron chi connectivity index (χ4n) is 2.45. The van der Waals surface area contributed by atoms with Crippen LogP contribution in [0.4, 0.5) is 5.69 Å². The third-order valence-electron chi connectivity index (χ3n) is 3.82. The Morgan fingerprint density at radius 2 is 2.09 bits per heavy atom. The molecule has 1 aliphatic heterocycles. The smallest absolute Gasteiger partial charge is 0.269 e. The Balaban J connectivity index is 0.00000264. The van der Waals surface area contributed by atoms with Gasteiger partial charge >= 0.3 is 0 Å². The summed E-state index contributed by atoms with van der Waals surface area (Å²) in [5, 5.41) is 16.8. The molecule has 0 aromatic heterocycles. The maximum Gasteiger partial charge on any atom is 0.269 e. The number of benzene rings is 1. The van der Waals surface area contributed by atoms with Crippen molar-refractivity contribution in [2.24, 2.45) is 0 Å². The Morgan fingerprint density at radius 3 is 2.65 bits per heavy atom. The van der Waals surface area contributed by atoms with Crippen LogP contribution in [0.25, 0.3) is 0 Å². The fraction of sp³-hybridized carbons (Fsp3) is 0.533. The van der Waals surface area contributed by atoms with Gasteiger partial charge in [-0.25, -0.2) is 0 Å². The number of hydrogen-bond acceptors (Lipinski definition) is 5. The van der Waals surface area contributed by atoms with Crippen LogP contribution in [-0.2, 0) is 4.79 Å². The number of nitrogens with zero attached hydrogens (tertiary/aromatic N) is 1. The molecule has 1 aliphatic rings. The van der Waals surface area contributed by atoms with Crippen LogP contribution in [0.3, 0.4) is 0 Å². The van der Waals surface area contributed by atoms with Gasteiger partial charge < -0.3 is 10.6 Å². The number of nitrogens with one attached hydrogen (secondary N) is 2. The van der Waals surface area contributed by atoms with E-state index in [1.54, 1.807) is 12.1 Å². The van der Waals surface area contributed by atoms with E-state index in [1.807, 2.05) is 6.92 Å². The lowest BCUT2D eigenvalue weighted by Crippen LogP contribution is -2.53. The predicted octanol–water partition coefficient (Wildman–Crippen LogP) is 2.75. The summed E-state index contributed by atoms with van der Waals surface area (Å²) in [6.45, 7) is 4.93. The lowest BCUT2D eigenvalue weighted by atomic mass is 10.00. The molecule has 0 aliphatic carbocycles. The topological polar surface area (TPSA) is 84.3 Å². The largest absolute Gasteiger partial charge is 0.351 e. The molecule has 1 fully saturated rings. The molecule has 1 amide bonds. The summed E-state index contributed by atoms with van der Waals surface area (Å²) in [7, 11) is 0. The monoisotopic (exact) mass is 359 g/mol. The van der Waals surface area contributed by atoms with Gasteiger partial charge in [0, 0.05) is 29.1 Å². The van der Waals surface area contributed by atoms with Gasteiger partial charge in [-0.3, -0.25) is 14.9 Å². The first-order chi connectivity index (χ1) is 10.5. The minimum absolute atomic E-state index is 0. The molecule has 0 bridgehead atoms. The molecule has 6 nitrogen and oxygen atoms in total. The van der Waals surface area contributed by atoms with E-state index in [9.17, 15) is 14.9 Å². The number of thioether (sulfide) groups is 1. The lowest BCUT2D eigenvalue weighted by Gasteiger charge is -2.31. The second-order valence-electron chi connectivity index (χ2n) is 5.51. The quantitative estimate of drug-likeness (QED) is 0.479. The minimum Gasteiger partial charge on any atom is -0.351 e. The van der Waals surface area contributed by atoms with E-state index in [2.05, 4.69) is 17.6 Å². The number of carbonyl (C=O) groups is 1. The van der Waals surface area contributed by atoms with Gasteiger partial charge in [0.2, 0.25) is 5.91 Å². The van der Waals surface area contributed by atoms with Gasteiger partial charge in [0.25, 0.3) is 5.69 Å². The van der Waals surface area contributed by atoms with Crippen molar-refractivity contribution in [2.45, 2.75) is 48.9 Å². The Morgan fingerprint density at radius 1 is 1.43 bits per heavy atom. The van der Waals surface area contributed by atoms with Gasteiger partial charge in [0.1, 0.15) is 0 Å². The van der Waals surface area contributed by atoms with Crippen molar-refractivity contribution >= 4 is 35.8 Å². The number of carbonyl (C=O) groups excluding carboxylic acids is 1. The highest BCUT2D eigenvalue weighted by atomic mass is 35.5. The molecule has 2 rings (SSSR count). The third kappa shape index (κ3) is 5.67. The normalized spacial score (nSPS) is 21.8. The molecule has 128 valence electrons. The van der Waals surface area contributed by atoms with Gasteiger partial charge in [0.15, 0.2) is 0 Å². The molecule has 1 aromatic rings. The number of nitro benzene ring substituents is 1. The van der Waals surface area contributed by atoms with Gasteiger partial charge in [-0.1, -0.05) is 0 Å². The Kier molecular flexibility index (Phi) is 7.81. The molecule has 23 heavy (non-hydrogen) atoms. The number of amides is 1. The summed E-state index contributed by atoms with van der Waals surface area (Å²) >= 11 is 1.41. The van der Waals surface area contributed by atoms with E-state index in [0.29, 0.717) is 0 Å². The van der Waals surface area contributed by atoms with Crippen molar-refractivity contribution < 1.29 is 9.72 Å². The van der Waals surface area contributed by atoms with Crippen LogP contribution in [-0.4, -0.2) is 34.7 Å². The summed E-state index contributed by atoms with van der Waals surface area (Å²) in [5.74, 6) is 0.00361. The number of rotatable bonds is 5. The first kappa shape index (κ1) is 19.7. The highest BCUT2D eigenvalue weighted by Crippen LogP contribution is 2.25. The number of nitro groups is 1. The fourth-order valence-corrected chi connectivity index (χ4v) is 3.32. The molecule has 8 heteroatoms. The van der Waals surface area contributed by atoms with E-state index >= 15 is 0 Å². The lowest BCUT2D eigenvalue weighted by molar-refractivity contribution is -0.384. The van der Waals surface area contributed by atoms with E-state index in [1.165, 1.54) is 23.9 Å². The highest BCUT2D eigenvalue weighted by Gasteiger charge is 2.24. The molecular weight excluding hydrogens is 338 g/mol. The molecule has 0 spiro atoms. The zero-order valence-corrected chi connectivity index (χ0v) is 14.8. The molecule has 2 N–H and O–H groups in total. The standard InChI is InChI=1S/C15H21N3O3S.ClH/c1-10-14(4-3-9-16-10)17-15(19)11(2)22-13-7-5-12(6-8-13)18(20)21;/h5-8,10-11,14,16H,3-4,9H2,1-2H3,(H,17,19);1H. The summed E-state index contributed by atoms with van der Waals surface area (Å²) in [4.78, 5) is 23.3. The first-order valence-electron chi connectivity index (χ1n) is 7.42. The van der Waals surface area contributed by atoms with Crippen molar-refractivity contribution in [1.29, 1.82) is 0 Å². The van der Waals surface area contributed by atoms with Crippen molar-refractivity contribution in [2.75, 3.05) is 6.54 Å². The number of halogens is 1. The van der Waals surface area contributed by atoms with Crippen molar-refractivity contribution in [3.63, 3.8) is 0 Å². The second-order valence-corrected chi connectivity index (χ2v) is 6.93. The zero-order chi connectivity index (χ0) is 16.1. The number of hydrogen-bond donors (Lipinski definition) is 2. The van der Waals surface area contributed by atoms with Gasteiger partial charge in [0.05, 0.1) is 10.2 Å². The summed E-state index contributed by atoms with van der Waals surface area (Å²) in [6.07, 6.45) is 2.06. The summed E-state index contributed by atoms with van der Waals surface area (Å²) in [5.41, 5.74) is 0.0589. The average Bonchev–Trinajstić information content (AvgIpc) is 2.50. The molecule has 3 atom stereocenters. The van der Waals surface area contributed by atoms with E-state index in [4.69, 9.17) is 0 Å². The van der Waals surface area contributed by atoms with Gasteiger partial charge in [-0.15, -0.1) is 24.2 Å². The Labute approximate surface area is 146 Å². The van der Waals surface area contributed by atoms with Crippen LogP contribution in [0.15, 0.2) is 29.2 Å². The minimum atomic E-state index is -0.429. The Bertz CT molecular complexity index is 541. The molecule has 0 saturated carbocycles. The van der Waals surface area contributed by atoms with Gasteiger partial charge in [-0.05, 0) is 45.4 Å². The molecule has 3 unspecified atom stereocenters. The van der Waals surface area contributed by atoms with Crippen LogP contribution in [0.2, 0.25) is 0 Å². The zero-order valence-electron chi connectivity index (χ0n) is 13.2. The SMILES string of the molecule is CC(Sc1ccc([N+](=O)[O-])cc1)C(=O)NC1CCCNC1C.Cl. The second kappa shape index (κ2) is 9.10. The third-order valence-corrected chi connectivity index (χ3v) is 4.93. The molecule has 1 aromatic carbocycles. The molecule has 1 heterocycles. The van der Waals surface area contributed by atoms with Crippen molar-refractivity contribution in [3.05, 3.63) is 34.4 Å². The van der Waals surface area contributed by atoms with E-state index < -0.39 is 4.92 Å². The molecule has 0 radical (unpaired) electrons. The first-order valence-corrected chi connectivity index (χ1v) is 8.30. The van der Waals surface area contributed by atoms with Crippen LogP contribution >= 0.6 is 24.2 Å². The van der Waals surface area contributed by atoms with Crippen LogP contribution in [0.5, 0.6) is 0 Å².